The Labute approximate surface area is 94.5 Å². The van der Waals surface area contributed by atoms with E-state index < -0.39 is 0 Å². The van der Waals surface area contributed by atoms with Crippen molar-refractivity contribution in [3.63, 3.8) is 0 Å². The summed E-state index contributed by atoms with van der Waals surface area (Å²) in [5.41, 5.74) is 0. The molecular formula is C11H16N2OS. The van der Waals surface area contributed by atoms with E-state index in [-0.39, 0.29) is 0 Å². The van der Waals surface area contributed by atoms with Crippen molar-refractivity contribution in [2.75, 3.05) is 18.8 Å². The van der Waals surface area contributed by atoms with E-state index in [1.54, 1.807) is 0 Å². The molecule has 3 heterocycles. The van der Waals surface area contributed by atoms with Crippen LogP contribution < -0.4 is 0 Å². The van der Waals surface area contributed by atoms with Crippen molar-refractivity contribution in [2.24, 2.45) is 0 Å². The molecule has 15 heavy (non-hydrogen) atoms. The van der Waals surface area contributed by atoms with Crippen LogP contribution >= 0.6 is 11.8 Å². The monoisotopic (exact) mass is 224 g/mol. The molecule has 3 aliphatic heterocycles. The number of hydrogen-bond donors (Lipinski definition) is 0. The Morgan fingerprint density at radius 1 is 1.27 bits per heavy atom. The second-order valence-corrected chi connectivity index (χ2v) is 5.58. The third-order valence-electron chi connectivity index (χ3n) is 3.39. The van der Waals surface area contributed by atoms with Crippen molar-refractivity contribution in [1.29, 1.82) is 0 Å². The van der Waals surface area contributed by atoms with Gasteiger partial charge in [0.1, 0.15) is 5.82 Å². The van der Waals surface area contributed by atoms with Gasteiger partial charge in [0.25, 0.3) is 0 Å². The number of thioether (sulfide) groups is 1. The average Bonchev–Trinajstić information content (AvgIpc) is 2.28. The number of β-lactam (4-membered cyclic amide) rings is 1. The summed E-state index contributed by atoms with van der Waals surface area (Å²) < 4.78 is 0. The lowest BCUT2D eigenvalue weighted by Crippen LogP contribution is -2.55. The molecule has 0 aliphatic carbocycles. The maximum absolute atomic E-state index is 11.6. The first-order valence-electron chi connectivity index (χ1n) is 5.75. The summed E-state index contributed by atoms with van der Waals surface area (Å²) in [6, 6.07) is 0. The number of amides is 1. The summed E-state index contributed by atoms with van der Waals surface area (Å²) in [6.07, 6.45) is 6.86. The van der Waals surface area contributed by atoms with Crippen LogP contribution in [0.25, 0.3) is 0 Å². The van der Waals surface area contributed by atoms with Gasteiger partial charge in [-0.3, -0.25) is 9.69 Å². The van der Waals surface area contributed by atoms with Gasteiger partial charge in [-0.2, -0.15) is 0 Å². The molecule has 3 nitrogen and oxygen atoms in total. The molecule has 2 fully saturated rings. The minimum Gasteiger partial charge on any atom is -0.358 e. The highest BCUT2D eigenvalue weighted by Gasteiger charge is 2.42. The van der Waals surface area contributed by atoms with Crippen LogP contribution in [0.15, 0.2) is 11.9 Å². The molecule has 82 valence electrons. The molecule has 1 amide bonds. The van der Waals surface area contributed by atoms with Crippen molar-refractivity contribution in [1.82, 2.24) is 9.80 Å². The van der Waals surface area contributed by atoms with Gasteiger partial charge in [-0.15, -0.1) is 11.8 Å². The van der Waals surface area contributed by atoms with Gasteiger partial charge in [0.2, 0.25) is 5.91 Å². The van der Waals surface area contributed by atoms with Crippen LogP contribution in [0.2, 0.25) is 0 Å². The zero-order valence-electron chi connectivity index (χ0n) is 8.82. The van der Waals surface area contributed by atoms with Crippen molar-refractivity contribution >= 4 is 17.7 Å². The number of nitrogens with zero attached hydrogens (tertiary/aromatic N) is 2. The summed E-state index contributed by atoms with van der Waals surface area (Å²) in [7, 11) is 0. The zero-order valence-corrected chi connectivity index (χ0v) is 9.63. The lowest BCUT2D eigenvalue weighted by Gasteiger charge is -2.48. The molecular weight excluding hydrogens is 208 g/mol. The predicted molar refractivity (Wildman–Crippen MR) is 61.2 cm³/mol. The van der Waals surface area contributed by atoms with E-state index in [9.17, 15) is 4.79 Å². The molecule has 2 saturated heterocycles. The summed E-state index contributed by atoms with van der Waals surface area (Å²) in [4.78, 5) is 16.0. The fraction of sp³-hybridized carbons (Fsp3) is 0.727. The molecule has 0 radical (unpaired) electrons. The molecule has 1 atom stereocenters. The number of piperidine rings is 1. The highest BCUT2D eigenvalue weighted by atomic mass is 32.2. The minimum atomic E-state index is 0.309. The average molecular weight is 224 g/mol. The van der Waals surface area contributed by atoms with E-state index in [4.69, 9.17) is 0 Å². The topological polar surface area (TPSA) is 23.6 Å². The number of fused-ring (bicyclic) bond motifs is 1. The van der Waals surface area contributed by atoms with Gasteiger partial charge in [0.15, 0.2) is 0 Å². The molecule has 0 N–H and O–H groups in total. The van der Waals surface area contributed by atoms with Gasteiger partial charge in [0, 0.05) is 18.8 Å². The normalized spacial score (nSPS) is 30.8. The summed E-state index contributed by atoms with van der Waals surface area (Å²) in [5.74, 6) is 2.58. The standard InChI is InChI=1S/C11H16N2OS/c14-10-8-11-13(10)9(4-7-15-11)12-5-2-1-3-6-12/h4,11H,1-3,5-8H2. The molecule has 0 aromatic heterocycles. The second kappa shape index (κ2) is 3.74. The summed E-state index contributed by atoms with van der Waals surface area (Å²) in [6.45, 7) is 2.26. The number of rotatable bonds is 1. The Bertz CT molecular complexity index is 310. The number of hydrogen-bond acceptors (Lipinski definition) is 3. The lowest BCUT2D eigenvalue weighted by molar-refractivity contribution is -0.140. The second-order valence-electron chi connectivity index (χ2n) is 4.37. The molecule has 0 spiro atoms. The maximum Gasteiger partial charge on any atom is 0.232 e. The van der Waals surface area contributed by atoms with Gasteiger partial charge in [-0.1, -0.05) is 0 Å². The zero-order chi connectivity index (χ0) is 10.3. The fourth-order valence-corrected chi connectivity index (χ4v) is 3.63. The van der Waals surface area contributed by atoms with Gasteiger partial charge < -0.3 is 4.90 Å². The van der Waals surface area contributed by atoms with Crippen molar-refractivity contribution in [3.8, 4) is 0 Å². The highest BCUT2D eigenvalue weighted by Crippen LogP contribution is 2.38. The van der Waals surface area contributed by atoms with Gasteiger partial charge in [-0.25, -0.2) is 0 Å². The van der Waals surface area contributed by atoms with E-state index in [1.165, 1.54) is 25.1 Å². The first-order valence-corrected chi connectivity index (χ1v) is 6.80. The Kier molecular flexibility index (Phi) is 2.39. The Morgan fingerprint density at radius 2 is 2.07 bits per heavy atom. The van der Waals surface area contributed by atoms with Crippen LogP contribution in [0, 0.1) is 0 Å². The largest absolute Gasteiger partial charge is 0.358 e. The van der Waals surface area contributed by atoms with Crippen LogP contribution in [0.1, 0.15) is 25.7 Å². The first kappa shape index (κ1) is 9.58. The van der Waals surface area contributed by atoms with Crippen LogP contribution in [0.3, 0.4) is 0 Å². The third-order valence-corrected chi connectivity index (χ3v) is 4.51. The van der Waals surface area contributed by atoms with Crippen molar-refractivity contribution < 1.29 is 4.79 Å². The van der Waals surface area contributed by atoms with E-state index >= 15 is 0 Å². The van der Waals surface area contributed by atoms with Crippen molar-refractivity contribution in [3.05, 3.63) is 11.9 Å². The maximum atomic E-state index is 11.6. The predicted octanol–water partition coefficient (Wildman–Crippen LogP) is 1.62. The molecule has 3 aliphatic rings. The van der Waals surface area contributed by atoms with E-state index in [1.807, 2.05) is 16.7 Å². The lowest BCUT2D eigenvalue weighted by atomic mass is 10.1. The molecule has 4 heteroatoms. The molecule has 1 unspecified atom stereocenters. The third kappa shape index (κ3) is 1.55. The molecule has 0 aromatic carbocycles. The molecule has 0 saturated carbocycles. The van der Waals surface area contributed by atoms with Gasteiger partial charge >= 0.3 is 0 Å². The quantitative estimate of drug-likeness (QED) is 0.632. The Morgan fingerprint density at radius 3 is 2.80 bits per heavy atom. The van der Waals surface area contributed by atoms with Gasteiger partial charge in [0.05, 0.1) is 11.8 Å². The van der Waals surface area contributed by atoms with E-state index in [2.05, 4.69) is 11.0 Å². The smallest absolute Gasteiger partial charge is 0.232 e. The van der Waals surface area contributed by atoms with Crippen LogP contribution in [0.5, 0.6) is 0 Å². The van der Waals surface area contributed by atoms with E-state index in [0.717, 1.165) is 25.3 Å². The van der Waals surface area contributed by atoms with Crippen molar-refractivity contribution in [2.45, 2.75) is 31.1 Å². The SMILES string of the molecule is O=C1CC2SCC=C(N3CCCCC3)N12. The highest BCUT2D eigenvalue weighted by molar-refractivity contribution is 8.00. The fourth-order valence-electron chi connectivity index (χ4n) is 2.53. The van der Waals surface area contributed by atoms with E-state index in [0.29, 0.717) is 11.3 Å². The number of carbonyl (C=O) groups excluding carboxylic acids is 1. The minimum absolute atomic E-state index is 0.309. The Hall–Kier alpha value is -0.640. The molecule has 0 bridgehead atoms. The van der Waals surface area contributed by atoms with Crippen LogP contribution in [-0.4, -0.2) is 39.9 Å². The van der Waals surface area contributed by atoms with Crippen LogP contribution in [-0.2, 0) is 4.79 Å². The van der Waals surface area contributed by atoms with Crippen LogP contribution in [0.4, 0.5) is 0 Å². The first-order chi connectivity index (χ1) is 7.36. The summed E-state index contributed by atoms with van der Waals surface area (Å²) in [5, 5.41) is 0.444. The number of likely N-dealkylation sites (tertiary alicyclic amines) is 1. The van der Waals surface area contributed by atoms with Gasteiger partial charge in [-0.05, 0) is 25.3 Å². The Balaban J connectivity index is 1.78. The summed E-state index contributed by atoms with van der Waals surface area (Å²) >= 11 is 1.89. The molecule has 3 rings (SSSR count). The molecule has 0 aromatic rings. The number of carbonyl (C=O) groups is 1.